The number of carbonyl (C=O) groups excluding carboxylic acids is 1. The van der Waals surface area contributed by atoms with Gasteiger partial charge in [-0.2, -0.15) is 5.26 Å². The van der Waals surface area contributed by atoms with Gasteiger partial charge in [-0.05, 0) is 79.1 Å². The molecule has 3 N–H and O–H groups in total. The summed E-state index contributed by atoms with van der Waals surface area (Å²) in [4.78, 5) is 12.4. The van der Waals surface area contributed by atoms with Crippen molar-refractivity contribution in [3.05, 3.63) is 81.9 Å². The van der Waals surface area contributed by atoms with E-state index >= 15 is 0 Å². The van der Waals surface area contributed by atoms with E-state index in [9.17, 15) is 13.2 Å². The SMILES string of the molecule is Cc1cc(S(N)(=O)=O)ccc1NC(=O)Cc1ccc(Oc2ccc(C#N)cc2C)c(Cl)c1. The van der Waals surface area contributed by atoms with Crippen LogP contribution in [0, 0.1) is 25.2 Å². The highest BCUT2D eigenvalue weighted by Crippen LogP contribution is 2.32. The minimum Gasteiger partial charge on any atom is -0.456 e. The number of nitriles is 1. The first-order valence-electron chi connectivity index (χ1n) is 9.47. The van der Waals surface area contributed by atoms with Gasteiger partial charge in [-0.1, -0.05) is 17.7 Å². The topological polar surface area (TPSA) is 122 Å². The van der Waals surface area contributed by atoms with Gasteiger partial charge in [-0.15, -0.1) is 0 Å². The summed E-state index contributed by atoms with van der Waals surface area (Å²) < 4.78 is 28.7. The molecule has 0 fully saturated rings. The molecule has 0 aromatic heterocycles. The normalized spacial score (nSPS) is 11.0. The van der Waals surface area contributed by atoms with Gasteiger partial charge in [-0.25, -0.2) is 13.6 Å². The molecule has 164 valence electrons. The molecule has 0 unspecified atom stereocenters. The van der Waals surface area contributed by atoms with Crippen LogP contribution in [0.3, 0.4) is 0 Å². The number of nitrogens with one attached hydrogen (secondary N) is 1. The molecule has 1 amide bonds. The van der Waals surface area contributed by atoms with Crippen LogP contribution < -0.4 is 15.2 Å². The van der Waals surface area contributed by atoms with E-state index in [0.29, 0.717) is 38.9 Å². The van der Waals surface area contributed by atoms with Gasteiger partial charge in [0.15, 0.2) is 0 Å². The number of aryl methyl sites for hydroxylation is 2. The number of ether oxygens (including phenoxy) is 1. The number of anilines is 1. The molecule has 0 saturated carbocycles. The highest BCUT2D eigenvalue weighted by atomic mass is 35.5. The van der Waals surface area contributed by atoms with Crippen LogP contribution in [0.25, 0.3) is 0 Å². The monoisotopic (exact) mass is 469 g/mol. The second-order valence-corrected chi connectivity index (χ2v) is 9.17. The summed E-state index contributed by atoms with van der Waals surface area (Å²) in [5.74, 6) is 0.719. The first kappa shape index (κ1) is 23.3. The standard InChI is InChI=1S/C23H20ClN3O4S/c1-14-10-18(32(26,29)30)5-6-20(14)27-23(28)12-16-3-8-22(19(24)11-16)31-21-7-4-17(13-25)9-15(21)2/h3-11H,12H2,1-2H3,(H,27,28)(H2,26,29,30). The van der Waals surface area contributed by atoms with Crippen LogP contribution in [0.1, 0.15) is 22.3 Å². The highest BCUT2D eigenvalue weighted by Gasteiger charge is 2.13. The highest BCUT2D eigenvalue weighted by molar-refractivity contribution is 7.89. The number of benzene rings is 3. The number of sulfonamides is 1. The number of halogens is 1. The zero-order valence-corrected chi connectivity index (χ0v) is 18.9. The van der Waals surface area contributed by atoms with Crippen molar-refractivity contribution in [2.45, 2.75) is 25.2 Å². The summed E-state index contributed by atoms with van der Waals surface area (Å²) in [6.45, 7) is 3.51. The molecule has 3 rings (SSSR count). The summed E-state index contributed by atoms with van der Waals surface area (Å²) >= 11 is 6.34. The van der Waals surface area contributed by atoms with Crippen molar-refractivity contribution in [3.63, 3.8) is 0 Å². The molecule has 0 spiro atoms. The Kier molecular flexibility index (Phi) is 6.84. The van der Waals surface area contributed by atoms with Crippen LogP contribution in [-0.2, 0) is 21.2 Å². The Morgan fingerprint density at radius 2 is 1.78 bits per heavy atom. The molecular formula is C23H20ClN3O4S. The van der Waals surface area contributed by atoms with Crippen molar-refractivity contribution in [2.75, 3.05) is 5.32 Å². The average Bonchev–Trinajstić information content (AvgIpc) is 2.72. The molecule has 7 nitrogen and oxygen atoms in total. The van der Waals surface area contributed by atoms with Gasteiger partial charge in [-0.3, -0.25) is 4.79 Å². The Morgan fingerprint density at radius 3 is 2.38 bits per heavy atom. The Bertz CT molecular complexity index is 1350. The lowest BCUT2D eigenvalue weighted by Crippen LogP contribution is -2.16. The maximum Gasteiger partial charge on any atom is 0.238 e. The van der Waals surface area contributed by atoms with Crippen molar-refractivity contribution in [3.8, 4) is 17.6 Å². The average molecular weight is 470 g/mol. The van der Waals surface area contributed by atoms with Gasteiger partial charge < -0.3 is 10.1 Å². The number of primary sulfonamides is 1. The first-order chi connectivity index (χ1) is 15.1. The third kappa shape index (κ3) is 5.65. The second kappa shape index (κ2) is 9.40. The third-order valence-corrected chi connectivity index (χ3v) is 5.89. The van der Waals surface area contributed by atoms with Gasteiger partial charge >= 0.3 is 0 Å². The summed E-state index contributed by atoms with van der Waals surface area (Å²) in [7, 11) is -3.81. The lowest BCUT2D eigenvalue weighted by molar-refractivity contribution is -0.115. The minimum absolute atomic E-state index is 0.0205. The van der Waals surface area contributed by atoms with Gasteiger partial charge in [0.1, 0.15) is 11.5 Å². The fraction of sp³-hybridized carbons (Fsp3) is 0.130. The van der Waals surface area contributed by atoms with Crippen LogP contribution in [0.4, 0.5) is 5.69 Å². The number of nitrogens with two attached hydrogens (primary N) is 1. The molecule has 0 saturated heterocycles. The molecular weight excluding hydrogens is 450 g/mol. The Labute approximate surface area is 191 Å². The minimum atomic E-state index is -3.81. The van der Waals surface area contributed by atoms with Crippen LogP contribution in [0.5, 0.6) is 11.5 Å². The van der Waals surface area contributed by atoms with Crippen LogP contribution in [-0.4, -0.2) is 14.3 Å². The molecule has 0 heterocycles. The number of hydrogen-bond acceptors (Lipinski definition) is 5. The smallest absolute Gasteiger partial charge is 0.238 e. The molecule has 0 radical (unpaired) electrons. The summed E-state index contributed by atoms with van der Waals surface area (Å²) in [6, 6.07) is 16.4. The molecule has 0 atom stereocenters. The van der Waals surface area contributed by atoms with Crippen molar-refractivity contribution < 1.29 is 17.9 Å². The predicted molar refractivity (Wildman–Crippen MR) is 122 cm³/mol. The number of rotatable bonds is 6. The van der Waals surface area contributed by atoms with Crippen LogP contribution >= 0.6 is 11.6 Å². The Balaban J connectivity index is 1.69. The maximum absolute atomic E-state index is 12.5. The largest absolute Gasteiger partial charge is 0.456 e. The van der Waals surface area contributed by atoms with Crippen LogP contribution in [0.15, 0.2) is 59.5 Å². The summed E-state index contributed by atoms with van der Waals surface area (Å²) in [5, 5.41) is 17.2. The first-order valence-corrected chi connectivity index (χ1v) is 11.4. The summed E-state index contributed by atoms with van der Waals surface area (Å²) in [6.07, 6.45) is 0.0618. The molecule has 32 heavy (non-hydrogen) atoms. The van der Waals surface area contributed by atoms with Crippen molar-refractivity contribution in [1.29, 1.82) is 5.26 Å². The Morgan fingerprint density at radius 1 is 1.06 bits per heavy atom. The summed E-state index contributed by atoms with van der Waals surface area (Å²) in [5.41, 5.74) is 3.08. The number of carbonyl (C=O) groups is 1. The van der Waals surface area contributed by atoms with E-state index in [-0.39, 0.29) is 17.2 Å². The van der Waals surface area contributed by atoms with E-state index in [1.54, 1.807) is 43.3 Å². The lowest BCUT2D eigenvalue weighted by atomic mass is 10.1. The van der Waals surface area contributed by atoms with E-state index in [4.69, 9.17) is 26.7 Å². The zero-order chi connectivity index (χ0) is 23.5. The fourth-order valence-electron chi connectivity index (χ4n) is 3.02. The van der Waals surface area contributed by atoms with Gasteiger partial charge in [0.25, 0.3) is 0 Å². The molecule has 0 aliphatic carbocycles. The zero-order valence-electron chi connectivity index (χ0n) is 17.3. The lowest BCUT2D eigenvalue weighted by Gasteiger charge is -2.12. The number of hydrogen-bond donors (Lipinski definition) is 2. The molecule has 3 aromatic rings. The van der Waals surface area contributed by atoms with Gasteiger partial charge in [0, 0.05) is 5.69 Å². The van der Waals surface area contributed by atoms with E-state index in [2.05, 4.69) is 11.4 Å². The molecule has 0 bridgehead atoms. The number of amides is 1. The van der Waals surface area contributed by atoms with Gasteiger partial charge in [0.05, 0.1) is 28.0 Å². The number of nitrogens with zero attached hydrogens (tertiary/aromatic N) is 1. The van der Waals surface area contributed by atoms with Crippen molar-refractivity contribution in [2.24, 2.45) is 5.14 Å². The maximum atomic E-state index is 12.5. The van der Waals surface area contributed by atoms with E-state index in [0.717, 1.165) is 5.56 Å². The third-order valence-electron chi connectivity index (χ3n) is 4.69. The fourth-order valence-corrected chi connectivity index (χ4v) is 3.86. The molecule has 0 aliphatic rings. The van der Waals surface area contributed by atoms with Crippen molar-refractivity contribution >= 4 is 33.2 Å². The molecule has 0 aliphatic heterocycles. The predicted octanol–water partition coefficient (Wildman–Crippen LogP) is 4.45. The Hall–Kier alpha value is -3.38. The van der Waals surface area contributed by atoms with Crippen molar-refractivity contribution in [1.82, 2.24) is 0 Å². The second-order valence-electron chi connectivity index (χ2n) is 7.21. The molecule has 3 aromatic carbocycles. The van der Waals surface area contributed by atoms with Crippen LogP contribution in [0.2, 0.25) is 5.02 Å². The van der Waals surface area contributed by atoms with E-state index in [1.807, 2.05) is 6.92 Å². The van der Waals surface area contributed by atoms with E-state index < -0.39 is 10.0 Å². The van der Waals surface area contributed by atoms with Gasteiger partial charge in [0.2, 0.25) is 15.9 Å². The van der Waals surface area contributed by atoms with E-state index in [1.165, 1.54) is 18.2 Å². The quantitative estimate of drug-likeness (QED) is 0.552. The molecule has 9 heteroatoms.